The highest BCUT2D eigenvalue weighted by Crippen LogP contribution is 2.18. The molecule has 2 fully saturated rings. The number of benzene rings is 1. The Morgan fingerprint density at radius 2 is 1.88 bits per heavy atom. The van der Waals surface area contributed by atoms with Crippen LogP contribution in [-0.2, 0) is 20.7 Å². The topological polar surface area (TPSA) is 59.1 Å². The second-order valence-electron chi connectivity index (χ2n) is 6.96. The van der Waals surface area contributed by atoms with Gasteiger partial charge in [0.25, 0.3) is 0 Å². The Morgan fingerprint density at radius 1 is 1.15 bits per heavy atom. The third-order valence-electron chi connectivity index (χ3n) is 5.18. The lowest BCUT2D eigenvalue weighted by Gasteiger charge is -2.35. The molecule has 0 saturated carbocycles. The molecule has 0 aromatic heterocycles. The largest absolute Gasteiger partial charge is 0.497 e. The van der Waals surface area contributed by atoms with Crippen LogP contribution in [0.5, 0.6) is 5.75 Å². The van der Waals surface area contributed by atoms with Gasteiger partial charge < -0.3 is 19.3 Å². The number of carbonyl (C=O) groups excluding carboxylic acids is 2. The standard InChI is InChI=1S/C20H28N2O4/c1-25-18-5-2-4-16(14-18)15-20(24)22-11-9-21(10-12-22)19(23)8-7-17-6-3-13-26-17/h2,4-5,14,17H,3,6-13,15H2,1H3. The third kappa shape index (κ3) is 4.97. The molecule has 26 heavy (non-hydrogen) atoms. The molecule has 142 valence electrons. The predicted octanol–water partition coefficient (Wildman–Crippen LogP) is 1.87. The van der Waals surface area contributed by atoms with Crippen molar-refractivity contribution in [2.24, 2.45) is 0 Å². The number of hydrogen-bond donors (Lipinski definition) is 0. The number of piperazine rings is 1. The molecule has 1 unspecified atom stereocenters. The van der Waals surface area contributed by atoms with Crippen molar-refractivity contribution in [1.29, 1.82) is 0 Å². The molecule has 1 aromatic rings. The predicted molar refractivity (Wildman–Crippen MR) is 98.1 cm³/mol. The fourth-order valence-electron chi connectivity index (χ4n) is 3.59. The molecule has 0 N–H and O–H groups in total. The second-order valence-corrected chi connectivity index (χ2v) is 6.96. The van der Waals surface area contributed by atoms with E-state index in [4.69, 9.17) is 9.47 Å². The summed E-state index contributed by atoms with van der Waals surface area (Å²) in [6.45, 7) is 3.28. The first-order valence-corrected chi connectivity index (χ1v) is 9.46. The summed E-state index contributed by atoms with van der Waals surface area (Å²) in [6.07, 6.45) is 4.15. The van der Waals surface area contributed by atoms with E-state index in [0.29, 0.717) is 39.0 Å². The molecular formula is C20H28N2O4. The minimum absolute atomic E-state index is 0.102. The normalized spacial score (nSPS) is 20.3. The van der Waals surface area contributed by atoms with Crippen molar-refractivity contribution in [2.75, 3.05) is 39.9 Å². The molecule has 6 nitrogen and oxygen atoms in total. The van der Waals surface area contributed by atoms with E-state index in [1.54, 1.807) is 7.11 Å². The molecule has 2 aliphatic heterocycles. The number of rotatable bonds is 6. The Bertz CT molecular complexity index is 620. The number of ether oxygens (including phenoxy) is 2. The molecule has 1 atom stereocenters. The van der Waals surface area contributed by atoms with Gasteiger partial charge in [-0.2, -0.15) is 0 Å². The third-order valence-corrected chi connectivity index (χ3v) is 5.18. The van der Waals surface area contributed by atoms with Gasteiger partial charge in [-0.1, -0.05) is 12.1 Å². The van der Waals surface area contributed by atoms with E-state index >= 15 is 0 Å². The first-order valence-electron chi connectivity index (χ1n) is 9.46. The second kappa shape index (κ2) is 9.03. The highest BCUT2D eigenvalue weighted by molar-refractivity contribution is 5.80. The van der Waals surface area contributed by atoms with Crippen molar-refractivity contribution in [3.8, 4) is 5.75 Å². The van der Waals surface area contributed by atoms with Crippen molar-refractivity contribution in [2.45, 2.75) is 38.2 Å². The minimum atomic E-state index is 0.102. The maximum atomic E-state index is 12.5. The monoisotopic (exact) mass is 360 g/mol. The van der Waals surface area contributed by atoms with Crippen LogP contribution in [0, 0.1) is 0 Å². The van der Waals surface area contributed by atoms with Crippen LogP contribution in [0.15, 0.2) is 24.3 Å². The van der Waals surface area contributed by atoms with Crippen molar-refractivity contribution in [1.82, 2.24) is 9.80 Å². The quantitative estimate of drug-likeness (QED) is 0.777. The van der Waals surface area contributed by atoms with E-state index in [1.165, 1.54) is 0 Å². The molecule has 1 aromatic carbocycles. The summed E-state index contributed by atoms with van der Waals surface area (Å²) in [5.41, 5.74) is 0.949. The zero-order valence-electron chi connectivity index (χ0n) is 15.5. The number of amides is 2. The summed E-state index contributed by atoms with van der Waals surface area (Å²) >= 11 is 0. The molecule has 0 bridgehead atoms. The van der Waals surface area contributed by atoms with Crippen LogP contribution in [0.2, 0.25) is 0 Å². The van der Waals surface area contributed by atoms with Crippen LogP contribution < -0.4 is 4.74 Å². The Labute approximate surface area is 155 Å². The lowest BCUT2D eigenvalue weighted by Crippen LogP contribution is -2.51. The molecule has 0 spiro atoms. The SMILES string of the molecule is COc1cccc(CC(=O)N2CCN(C(=O)CCC3CCCO3)CC2)c1. The maximum absolute atomic E-state index is 12.5. The van der Waals surface area contributed by atoms with Gasteiger partial charge in [0.05, 0.1) is 19.6 Å². The van der Waals surface area contributed by atoms with Crippen molar-refractivity contribution in [3.63, 3.8) is 0 Å². The number of nitrogens with zero attached hydrogens (tertiary/aromatic N) is 2. The summed E-state index contributed by atoms with van der Waals surface area (Å²) in [6, 6.07) is 7.59. The number of hydrogen-bond acceptors (Lipinski definition) is 4. The van der Waals surface area contributed by atoms with Gasteiger partial charge in [0.1, 0.15) is 5.75 Å². The summed E-state index contributed by atoms with van der Waals surface area (Å²) in [4.78, 5) is 28.6. The lowest BCUT2D eigenvalue weighted by molar-refractivity contribution is -0.139. The van der Waals surface area contributed by atoms with Crippen LogP contribution in [0.25, 0.3) is 0 Å². The molecule has 2 heterocycles. The fraction of sp³-hybridized carbons (Fsp3) is 0.600. The lowest BCUT2D eigenvalue weighted by atomic mass is 10.1. The fourth-order valence-corrected chi connectivity index (χ4v) is 3.59. The highest BCUT2D eigenvalue weighted by Gasteiger charge is 2.25. The van der Waals surface area contributed by atoms with Gasteiger partial charge in [-0.05, 0) is 37.0 Å². The molecule has 6 heteroatoms. The highest BCUT2D eigenvalue weighted by atomic mass is 16.5. The van der Waals surface area contributed by atoms with E-state index in [9.17, 15) is 9.59 Å². The Hall–Kier alpha value is -2.08. The Kier molecular flexibility index (Phi) is 6.50. The van der Waals surface area contributed by atoms with Gasteiger partial charge in [0.15, 0.2) is 0 Å². The molecule has 2 saturated heterocycles. The van der Waals surface area contributed by atoms with Crippen LogP contribution in [0.4, 0.5) is 0 Å². The molecule has 0 radical (unpaired) electrons. The number of methoxy groups -OCH3 is 1. The first kappa shape index (κ1) is 18.7. The van der Waals surface area contributed by atoms with Crippen molar-refractivity contribution < 1.29 is 19.1 Å². The molecule has 2 amide bonds. The molecule has 2 aliphatic rings. The zero-order valence-corrected chi connectivity index (χ0v) is 15.5. The van der Waals surface area contributed by atoms with E-state index in [-0.39, 0.29) is 17.9 Å². The summed E-state index contributed by atoms with van der Waals surface area (Å²) in [7, 11) is 1.62. The van der Waals surface area contributed by atoms with Crippen molar-refractivity contribution in [3.05, 3.63) is 29.8 Å². The van der Waals surface area contributed by atoms with Crippen LogP contribution in [-0.4, -0.2) is 67.6 Å². The average Bonchev–Trinajstić information content (AvgIpc) is 3.20. The van der Waals surface area contributed by atoms with Gasteiger partial charge in [-0.3, -0.25) is 9.59 Å². The smallest absolute Gasteiger partial charge is 0.227 e. The Morgan fingerprint density at radius 3 is 2.54 bits per heavy atom. The van der Waals surface area contributed by atoms with Crippen LogP contribution in [0.3, 0.4) is 0 Å². The van der Waals surface area contributed by atoms with Crippen LogP contribution >= 0.6 is 0 Å². The van der Waals surface area contributed by atoms with Gasteiger partial charge in [-0.15, -0.1) is 0 Å². The minimum Gasteiger partial charge on any atom is -0.497 e. The number of carbonyl (C=O) groups is 2. The maximum Gasteiger partial charge on any atom is 0.227 e. The summed E-state index contributed by atoms with van der Waals surface area (Å²) < 4.78 is 10.8. The Balaban J connectivity index is 1.42. The van der Waals surface area contributed by atoms with Gasteiger partial charge in [-0.25, -0.2) is 0 Å². The van der Waals surface area contributed by atoms with Crippen LogP contribution in [0.1, 0.15) is 31.2 Å². The van der Waals surface area contributed by atoms with Gasteiger partial charge >= 0.3 is 0 Å². The van der Waals surface area contributed by atoms with E-state index in [2.05, 4.69) is 0 Å². The van der Waals surface area contributed by atoms with Gasteiger partial charge in [0.2, 0.25) is 11.8 Å². The van der Waals surface area contributed by atoms with E-state index < -0.39 is 0 Å². The summed E-state index contributed by atoms with van der Waals surface area (Å²) in [5, 5.41) is 0. The average molecular weight is 360 g/mol. The molecular weight excluding hydrogens is 332 g/mol. The van der Waals surface area contributed by atoms with E-state index in [1.807, 2.05) is 34.1 Å². The zero-order chi connectivity index (χ0) is 18.4. The van der Waals surface area contributed by atoms with E-state index in [0.717, 1.165) is 37.2 Å². The first-order chi connectivity index (χ1) is 12.7. The van der Waals surface area contributed by atoms with Crippen molar-refractivity contribution >= 4 is 11.8 Å². The summed E-state index contributed by atoms with van der Waals surface area (Å²) in [5.74, 6) is 1.04. The molecule has 3 rings (SSSR count). The van der Waals surface area contributed by atoms with Gasteiger partial charge in [0, 0.05) is 39.2 Å². The molecule has 0 aliphatic carbocycles.